The van der Waals surface area contributed by atoms with E-state index in [1.54, 1.807) is 52.7 Å². The van der Waals surface area contributed by atoms with Crippen LogP contribution < -0.4 is 10.6 Å². The summed E-state index contributed by atoms with van der Waals surface area (Å²) in [6.45, 7) is 0.348. The highest BCUT2D eigenvalue weighted by molar-refractivity contribution is 7.12. The minimum Gasteiger partial charge on any atom is -0.480 e. The van der Waals surface area contributed by atoms with E-state index in [-0.39, 0.29) is 34.6 Å². The number of hydrogen-bond acceptors (Lipinski definition) is 5. The van der Waals surface area contributed by atoms with Crippen molar-refractivity contribution in [2.45, 2.75) is 19.0 Å². The van der Waals surface area contributed by atoms with E-state index in [0.29, 0.717) is 29.0 Å². The number of aliphatic carboxylic acids is 1. The molecule has 0 aliphatic carbocycles. The Morgan fingerprint density at radius 2 is 1.81 bits per heavy atom. The Morgan fingerprint density at radius 1 is 1.06 bits per heavy atom. The first-order chi connectivity index (χ1) is 17.3. The van der Waals surface area contributed by atoms with Crippen molar-refractivity contribution in [1.29, 1.82) is 0 Å². The number of carbonyl (C=O) groups excluding carboxylic acids is 3. The third kappa shape index (κ3) is 5.53. The minimum absolute atomic E-state index is 0.0389. The Balaban J connectivity index is 1.48. The van der Waals surface area contributed by atoms with Crippen LogP contribution in [-0.2, 0) is 17.8 Å². The predicted molar refractivity (Wildman–Crippen MR) is 137 cm³/mol. The molecule has 186 valence electrons. The first kappa shape index (κ1) is 25.7. The molecule has 2 aromatic carbocycles. The lowest BCUT2D eigenvalue weighted by atomic mass is 9.96. The zero-order chi connectivity index (χ0) is 25.8. The van der Waals surface area contributed by atoms with Crippen LogP contribution in [0.2, 0.25) is 10.0 Å². The lowest BCUT2D eigenvalue weighted by Crippen LogP contribution is -2.48. The van der Waals surface area contributed by atoms with E-state index in [1.165, 1.54) is 11.3 Å². The Kier molecular flexibility index (Phi) is 7.93. The van der Waals surface area contributed by atoms with Gasteiger partial charge in [-0.1, -0.05) is 47.5 Å². The highest BCUT2D eigenvalue weighted by atomic mass is 35.5. The Hall–Kier alpha value is -3.40. The van der Waals surface area contributed by atoms with Crippen LogP contribution in [0.5, 0.6) is 0 Å². The molecule has 0 saturated heterocycles. The zero-order valence-corrected chi connectivity index (χ0v) is 21.1. The fourth-order valence-electron chi connectivity index (χ4n) is 3.92. The van der Waals surface area contributed by atoms with Gasteiger partial charge in [0.25, 0.3) is 17.7 Å². The molecule has 3 amide bonds. The second-order valence-electron chi connectivity index (χ2n) is 8.08. The number of carboxylic acids is 1. The van der Waals surface area contributed by atoms with Crippen LogP contribution in [0.3, 0.4) is 0 Å². The van der Waals surface area contributed by atoms with Gasteiger partial charge in [-0.15, -0.1) is 11.3 Å². The summed E-state index contributed by atoms with van der Waals surface area (Å²) in [5, 5.41) is 16.3. The number of halogens is 2. The minimum atomic E-state index is -1.40. The molecule has 1 aliphatic heterocycles. The lowest BCUT2D eigenvalue weighted by molar-refractivity contribution is -0.139. The van der Waals surface area contributed by atoms with Gasteiger partial charge in [-0.2, -0.15) is 0 Å². The Bertz CT molecular complexity index is 1310. The summed E-state index contributed by atoms with van der Waals surface area (Å²) in [7, 11) is 0. The summed E-state index contributed by atoms with van der Waals surface area (Å²) in [5.74, 6) is -2.65. The van der Waals surface area contributed by atoms with Crippen LogP contribution in [0.25, 0.3) is 0 Å². The normalized spacial score (nSPS) is 13.4. The SMILES string of the molecule is O=C(NC[C@H](NC(=O)c1c(Cl)cc2c(c1Cl)CCN(C(=O)c1ccccc1)C2)C(=O)O)c1cccs1. The number of nitrogens with one attached hydrogen (secondary N) is 2. The van der Waals surface area contributed by atoms with Gasteiger partial charge in [0.1, 0.15) is 6.04 Å². The topological polar surface area (TPSA) is 116 Å². The van der Waals surface area contributed by atoms with Gasteiger partial charge in [-0.3, -0.25) is 14.4 Å². The molecule has 0 saturated carbocycles. The molecule has 3 aromatic rings. The molecule has 0 bridgehead atoms. The van der Waals surface area contributed by atoms with Gasteiger partial charge < -0.3 is 20.6 Å². The fourth-order valence-corrected chi connectivity index (χ4v) is 5.32. The van der Waals surface area contributed by atoms with E-state index in [9.17, 15) is 24.3 Å². The number of thiophene rings is 1. The van der Waals surface area contributed by atoms with Gasteiger partial charge in [-0.25, -0.2) is 4.79 Å². The van der Waals surface area contributed by atoms with Crippen LogP contribution >= 0.6 is 34.5 Å². The molecule has 0 unspecified atom stereocenters. The summed E-state index contributed by atoms with van der Waals surface area (Å²) in [6, 6.07) is 12.4. The molecule has 11 heteroatoms. The monoisotopic (exact) mass is 545 g/mol. The molecule has 1 aliphatic rings. The van der Waals surface area contributed by atoms with Crippen molar-refractivity contribution in [2.24, 2.45) is 0 Å². The number of hydrogen-bond donors (Lipinski definition) is 3. The van der Waals surface area contributed by atoms with Crippen molar-refractivity contribution in [3.8, 4) is 0 Å². The zero-order valence-electron chi connectivity index (χ0n) is 18.8. The highest BCUT2D eigenvalue weighted by Crippen LogP contribution is 2.35. The van der Waals surface area contributed by atoms with E-state index in [1.807, 2.05) is 6.07 Å². The molecule has 1 aromatic heterocycles. The van der Waals surface area contributed by atoms with E-state index in [4.69, 9.17) is 23.2 Å². The average Bonchev–Trinajstić information content (AvgIpc) is 3.41. The maximum atomic E-state index is 13.0. The van der Waals surface area contributed by atoms with Crippen LogP contribution in [-0.4, -0.2) is 52.8 Å². The van der Waals surface area contributed by atoms with Crippen molar-refractivity contribution in [3.63, 3.8) is 0 Å². The Morgan fingerprint density at radius 3 is 2.47 bits per heavy atom. The summed E-state index contributed by atoms with van der Waals surface area (Å²) < 4.78 is 0. The summed E-state index contributed by atoms with van der Waals surface area (Å²) in [4.78, 5) is 51.8. The van der Waals surface area contributed by atoms with Crippen molar-refractivity contribution in [1.82, 2.24) is 15.5 Å². The van der Waals surface area contributed by atoms with Crippen LogP contribution in [0.4, 0.5) is 0 Å². The molecule has 0 radical (unpaired) electrons. The maximum Gasteiger partial charge on any atom is 0.328 e. The Labute approximate surface area is 220 Å². The summed E-state index contributed by atoms with van der Waals surface area (Å²) >= 11 is 14.2. The van der Waals surface area contributed by atoms with Crippen LogP contribution in [0.15, 0.2) is 53.9 Å². The third-order valence-electron chi connectivity index (χ3n) is 5.75. The van der Waals surface area contributed by atoms with Crippen molar-refractivity contribution in [3.05, 3.63) is 91.1 Å². The number of carboxylic acid groups (broad SMARTS) is 1. The molecule has 3 N–H and O–H groups in total. The smallest absolute Gasteiger partial charge is 0.328 e. The van der Waals surface area contributed by atoms with E-state index >= 15 is 0 Å². The molecule has 4 rings (SSSR count). The highest BCUT2D eigenvalue weighted by Gasteiger charge is 2.29. The molecule has 8 nitrogen and oxygen atoms in total. The van der Waals surface area contributed by atoms with Gasteiger partial charge in [0.15, 0.2) is 0 Å². The largest absolute Gasteiger partial charge is 0.480 e. The number of nitrogens with zero attached hydrogens (tertiary/aromatic N) is 1. The van der Waals surface area contributed by atoms with Gasteiger partial charge in [0.2, 0.25) is 0 Å². The number of fused-ring (bicyclic) bond motifs is 1. The molecule has 0 fully saturated rings. The average molecular weight is 546 g/mol. The first-order valence-electron chi connectivity index (χ1n) is 11.0. The van der Waals surface area contributed by atoms with E-state index < -0.39 is 23.8 Å². The molecular formula is C25H21Cl2N3O5S. The predicted octanol–water partition coefficient (Wildman–Crippen LogP) is 3.87. The van der Waals surface area contributed by atoms with Crippen LogP contribution in [0, 0.1) is 0 Å². The number of amides is 3. The second kappa shape index (κ2) is 11.1. The third-order valence-corrected chi connectivity index (χ3v) is 7.34. The lowest BCUT2D eigenvalue weighted by Gasteiger charge is -2.30. The van der Waals surface area contributed by atoms with E-state index in [0.717, 1.165) is 5.56 Å². The van der Waals surface area contributed by atoms with Crippen molar-refractivity contribution < 1.29 is 24.3 Å². The molecule has 1 atom stereocenters. The number of rotatable bonds is 7. The first-order valence-corrected chi connectivity index (χ1v) is 12.6. The quantitative estimate of drug-likeness (QED) is 0.416. The second-order valence-corrected chi connectivity index (χ2v) is 9.81. The number of benzene rings is 2. The van der Waals surface area contributed by atoms with Gasteiger partial charge >= 0.3 is 5.97 Å². The van der Waals surface area contributed by atoms with Crippen LogP contribution in [0.1, 0.15) is 41.5 Å². The molecule has 2 heterocycles. The van der Waals surface area contributed by atoms with E-state index in [2.05, 4.69) is 10.6 Å². The molecular weight excluding hydrogens is 525 g/mol. The van der Waals surface area contributed by atoms with Gasteiger partial charge in [0.05, 0.1) is 20.5 Å². The van der Waals surface area contributed by atoms with Crippen molar-refractivity contribution in [2.75, 3.05) is 13.1 Å². The number of carbonyl (C=O) groups is 4. The standard InChI is InChI=1S/C25H21Cl2N3O5S/c26-17-11-15-13-30(24(33)14-5-2-1-3-6-14)9-8-16(15)21(27)20(17)23(32)29-18(25(34)35)12-28-22(31)19-7-4-10-36-19/h1-7,10-11,18H,8-9,12-13H2,(H,28,31)(H,29,32)(H,34,35)/t18-/m0/s1. The van der Waals surface area contributed by atoms with Crippen molar-refractivity contribution >= 4 is 58.2 Å². The maximum absolute atomic E-state index is 13.0. The van der Waals surface area contributed by atoms with Gasteiger partial charge in [0, 0.05) is 25.2 Å². The molecule has 0 spiro atoms. The summed E-state index contributed by atoms with van der Waals surface area (Å²) in [5.41, 5.74) is 1.92. The van der Waals surface area contributed by atoms with Gasteiger partial charge in [-0.05, 0) is 47.2 Å². The fraction of sp³-hybridized carbons (Fsp3) is 0.200. The summed E-state index contributed by atoms with van der Waals surface area (Å²) in [6.07, 6.45) is 0.406. The molecule has 36 heavy (non-hydrogen) atoms.